The fourth-order valence-electron chi connectivity index (χ4n) is 1.79. The molecule has 0 aliphatic heterocycles. The quantitative estimate of drug-likeness (QED) is 0.779. The van der Waals surface area contributed by atoms with E-state index in [1.807, 2.05) is 6.92 Å². The molecule has 2 N–H and O–H groups in total. The lowest BCUT2D eigenvalue weighted by molar-refractivity contribution is 0.0327. The summed E-state index contributed by atoms with van der Waals surface area (Å²) in [5.74, 6) is 1.04. The standard InChI is InChI=1S/C11H19N5O2/c1-4-18-11-15-9(12-2)14-10(16-11)13-7-5-8(6-7)17-3/h7-8H,4-6H2,1-3H3,(H2,12,13,14,15,16). The van der Waals surface area contributed by atoms with Crippen molar-refractivity contribution in [1.82, 2.24) is 15.0 Å². The minimum absolute atomic E-state index is 0.335. The third-order valence-corrected chi connectivity index (χ3v) is 2.87. The zero-order chi connectivity index (χ0) is 13.0. The summed E-state index contributed by atoms with van der Waals surface area (Å²) in [6.45, 7) is 2.42. The van der Waals surface area contributed by atoms with Crippen LogP contribution in [0.15, 0.2) is 0 Å². The van der Waals surface area contributed by atoms with Crippen molar-refractivity contribution in [2.75, 3.05) is 31.4 Å². The Bertz CT molecular complexity index is 395. The highest BCUT2D eigenvalue weighted by atomic mass is 16.5. The molecule has 0 spiro atoms. The number of rotatable bonds is 6. The molecule has 0 aromatic carbocycles. The highest BCUT2D eigenvalue weighted by molar-refractivity contribution is 5.36. The Hall–Kier alpha value is -1.63. The van der Waals surface area contributed by atoms with Crippen molar-refractivity contribution in [2.24, 2.45) is 0 Å². The number of hydrogen-bond donors (Lipinski definition) is 2. The van der Waals surface area contributed by atoms with Crippen molar-refractivity contribution in [3.63, 3.8) is 0 Å². The van der Waals surface area contributed by atoms with Gasteiger partial charge in [0.25, 0.3) is 0 Å². The largest absolute Gasteiger partial charge is 0.464 e. The molecule has 18 heavy (non-hydrogen) atoms. The molecule has 0 amide bonds. The molecule has 0 bridgehead atoms. The maximum absolute atomic E-state index is 5.30. The SMILES string of the molecule is CCOc1nc(NC)nc(NC2CC(OC)C2)n1. The van der Waals surface area contributed by atoms with E-state index in [2.05, 4.69) is 25.6 Å². The molecule has 1 fully saturated rings. The van der Waals surface area contributed by atoms with Gasteiger partial charge in [0.2, 0.25) is 11.9 Å². The average molecular weight is 253 g/mol. The Morgan fingerprint density at radius 2 is 1.94 bits per heavy atom. The van der Waals surface area contributed by atoms with Gasteiger partial charge in [-0.2, -0.15) is 15.0 Å². The summed E-state index contributed by atoms with van der Waals surface area (Å²) in [5, 5.41) is 6.14. The molecule has 1 heterocycles. The van der Waals surface area contributed by atoms with Crippen molar-refractivity contribution in [1.29, 1.82) is 0 Å². The van der Waals surface area contributed by atoms with Gasteiger partial charge in [-0.25, -0.2) is 0 Å². The zero-order valence-corrected chi connectivity index (χ0v) is 10.9. The van der Waals surface area contributed by atoms with E-state index in [0.717, 1.165) is 12.8 Å². The fourth-order valence-corrected chi connectivity index (χ4v) is 1.79. The Kier molecular flexibility index (Phi) is 4.14. The lowest BCUT2D eigenvalue weighted by Crippen LogP contribution is -2.40. The lowest BCUT2D eigenvalue weighted by atomic mass is 9.89. The molecule has 1 aliphatic carbocycles. The van der Waals surface area contributed by atoms with Crippen LogP contribution < -0.4 is 15.4 Å². The maximum atomic E-state index is 5.30. The van der Waals surface area contributed by atoms with Crippen molar-refractivity contribution in [2.45, 2.75) is 31.9 Å². The average Bonchev–Trinajstić information content (AvgIpc) is 2.33. The van der Waals surface area contributed by atoms with E-state index >= 15 is 0 Å². The Morgan fingerprint density at radius 3 is 2.56 bits per heavy atom. The number of hydrogen-bond acceptors (Lipinski definition) is 7. The molecule has 2 rings (SSSR count). The van der Waals surface area contributed by atoms with Gasteiger partial charge in [0.15, 0.2) is 0 Å². The molecule has 0 unspecified atom stereocenters. The second-order valence-electron chi connectivity index (χ2n) is 4.12. The van der Waals surface area contributed by atoms with Crippen LogP contribution in [0.1, 0.15) is 19.8 Å². The van der Waals surface area contributed by atoms with Crippen molar-refractivity contribution >= 4 is 11.9 Å². The summed E-state index contributed by atoms with van der Waals surface area (Å²) in [4.78, 5) is 12.6. The second-order valence-corrected chi connectivity index (χ2v) is 4.12. The Balaban J connectivity index is 2.00. The summed E-state index contributed by atoms with van der Waals surface area (Å²) in [6, 6.07) is 0.693. The monoisotopic (exact) mass is 253 g/mol. The van der Waals surface area contributed by atoms with Gasteiger partial charge in [-0.05, 0) is 19.8 Å². The maximum Gasteiger partial charge on any atom is 0.323 e. The van der Waals surface area contributed by atoms with Gasteiger partial charge in [-0.15, -0.1) is 0 Å². The van der Waals surface area contributed by atoms with Crippen LogP contribution in [0, 0.1) is 0 Å². The number of ether oxygens (including phenoxy) is 2. The van der Waals surface area contributed by atoms with Crippen molar-refractivity contribution in [3.05, 3.63) is 0 Å². The summed E-state index contributed by atoms with van der Waals surface area (Å²) in [7, 11) is 3.50. The highest BCUT2D eigenvalue weighted by Crippen LogP contribution is 2.25. The molecule has 1 aromatic rings. The topological polar surface area (TPSA) is 81.2 Å². The van der Waals surface area contributed by atoms with Gasteiger partial charge in [-0.1, -0.05) is 0 Å². The van der Waals surface area contributed by atoms with Gasteiger partial charge in [0.05, 0.1) is 12.7 Å². The molecule has 0 radical (unpaired) electrons. The van der Waals surface area contributed by atoms with Crippen LogP contribution in [0.5, 0.6) is 6.01 Å². The van der Waals surface area contributed by atoms with Crippen LogP contribution in [0.3, 0.4) is 0 Å². The molecule has 7 heteroatoms. The zero-order valence-electron chi connectivity index (χ0n) is 10.9. The molecule has 100 valence electrons. The second kappa shape index (κ2) is 5.81. The third kappa shape index (κ3) is 2.98. The van der Waals surface area contributed by atoms with Gasteiger partial charge < -0.3 is 20.1 Å². The van der Waals surface area contributed by atoms with Gasteiger partial charge in [0, 0.05) is 20.2 Å². The van der Waals surface area contributed by atoms with E-state index in [-0.39, 0.29) is 0 Å². The van der Waals surface area contributed by atoms with Gasteiger partial charge in [-0.3, -0.25) is 0 Å². The van der Waals surface area contributed by atoms with Crippen molar-refractivity contribution in [3.8, 4) is 6.01 Å². The third-order valence-electron chi connectivity index (χ3n) is 2.87. The first-order valence-electron chi connectivity index (χ1n) is 6.11. The van der Waals surface area contributed by atoms with Crippen LogP contribution in [-0.4, -0.2) is 47.9 Å². The number of aromatic nitrogens is 3. The normalized spacial score (nSPS) is 22.2. The molecule has 0 atom stereocenters. The summed E-state index contributed by atoms with van der Waals surface area (Å²) >= 11 is 0. The first kappa shape index (κ1) is 12.8. The van der Waals surface area contributed by atoms with Crippen LogP contribution in [-0.2, 0) is 4.74 Å². The van der Waals surface area contributed by atoms with Crippen LogP contribution in [0.4, 0.5) is 11.9 Å². The minimum Gasteiger partial charge on any atom is -0.464 e. The van der Waals surface area contributed by atoms with E-state index in [9.17, 15) is 0 Å². The summed E-state index contributed by atoms with van der Waals surface area (Å²) in [6.07, 6.45) is 2.29. The minimum atomic E-state index is 0.335. The first-order valence-corrected chi connectivity index (χ1v) is 6.11. The lowest BCUT2D eigenvalue weighted by Gasteiger charge is -2.34. The predicted molar refractivity (Wildman–Crippen MR) is 68.0 cm³/mol. The summed E-state index contributed by atoms with van der Waals surface area (Å²) < 4.78 is 10.5. The molecule has 0 saturated heterocycles. The van der Waals surface area contributed by atoms with E-state index in [4.69, 9.17) is 9.47 Å². The van der Waals surface area contributed by atoms with Gasteiger partial charge >= 0.3 is 6.01 Å². The van der Waals surface area contributed by atoms with E-state index < -0.39 is 0 Å². The number of nitrogens with one attached hydrogen (secondary N) is 2. The Labute approximate surface area is 106 Å². The highest BCUT2D eigenvalue weighted by Gasteiger charge is 2.29. The smallest absolute Gasteiger partial charge is 0.323 e. The van der Waals surface area contributed by atoms with E-state index in [1.165, 1.54) is 0 Å². The number of nitrogens with zero attached hydrogens (tertiary/aromatic N) is 3. The first-order chi connectivity index (χ1) is 8.75. The molecule has 7 nitrogen and oxygen atoms in total. The molecular formula is C11H19N5O2. The van der Waals surface area contributed by atoms with E-state index in [0.29, 0.717) is 36.7 Å². The van der Waals surface area contributed by atoms with Crippen LogP contribution >= 0.6 is 0 Å². The number of methoxy groups -OCH3 is 1. The predicted octanol–water partition coefficient (Wildman–Crippen LogP) is 0.901. The van der Waals surface area contributed by atoms with Crippen molar-refractivity contribution < 1.29 is 9.47 Å². The Morgan fingerprint density at radius 1 is 1.22 bits per heavy atom. The van der Waals surface area contributed by atoms with Gasteiger partial charge in [0.1, 0.15) is 0 Å². The molecule has 1 saturated carbocycles. The molecular weight excluding hydrogens is 234 g/mol. The van der Waals surface area contributed by atoms with Crippen LogP contribution in [0.2, 0.25) is 0 Å². The fraction of sp³-hybridized carbons (Fsp3) is 0.727. The summed E-state index contributed by atoms with van der Waals surface area (Å²) in [5.41, 5.74) is 0. The number of anilines is 2. The molecule has 1 aliphatic rings. The van der Waals surface area contributed by atoms with E-state index in [1.54, 1.807) is 14.2 Å². The molecule has 1 aromatic heterocycles. The van der Waals surface area contributed by atoms with Crippen LogP contribution in [0.25, 0.3) is 0 Å².